The number of rotatable bonds is 4. The normalized spacial score (nSPS) is 16.9. The molecule has 0 saturated carbocycles. The molecule has 1 aliphatic rings. The summed E-state index contributed by atoms with van der Waals surface area (Å²) in [5.74, 6) is -2.73. The van der Waals surface area contributed by atoms with Crippen molar-refractivity contribution in [2.75, 3.05) is 6.61 Å². The van der Waals surface area contributed by atoms with Crippen LogP contribution in [0.3, 0.4) is 0 Å². The van der Waals surface area contributed by atoms with E-state index in [1.54, 1.807) is 13.0 Å². The quantitative estimate of drug-likeness (QED) is 0.443. The molecular formula is C13H12FInO4. The molecule has 0 spiro atoms. The fourth-order valence-electron chi connectivity index (χ4n) is 2.41. The van der Waals surface area contributed by atoms with E-state index in [1.807, 2.05) is 0 Å². The number of ketones is 1. The predicted octanol–water partition coefficient (Wildman–Crippen LogP) is 0.529. The van der Waals surface area contributed by atoms with Gasteiger partial charge in [-0.1, -0.05) is 0 Å². The van der Waals surface area contributed by atoms with Gasteiger partial charge in [-0.2, -0.15) is 0 Å². The molecule has 6 heteroatoms. The maximum absolute atomic E-state index is 13.3. The van der Waals surface area contributed by atoms with Crippen LogP contribution in [0.25, 0.3) is 0 Å². The summed E-state index contributed by atoms with van der Waals surface area (Å²) in [6.45, 7) is 1.73. The molecule has 0 radical (unpaired) electrons. The Bertz CT molecular complexity index is 543. The van der Waals surface area contributed by atoms with Crippen molar-refractivity contribution in [3.8, 4) is 0 Å². The Kier molecular flexibility index (Phi) is 4.39. The molecule has 4 nitrogen and oxygen atoms in total. The Morgan fingerprint density at radius 3 is 2.89 bits per heavy atom. The van der Waals surface area contributed by atoms with Crippen molar-refractivity contribution in [3.05, 3.63) is 29.6 Å². The summed E-state index contributed by atoms with van der Waals surface area (Å²) in [4.78, 5) is 34.6. The van der Waals surface area contributed by atoms with E-state index in [-0.39, 0.29) is 6.61 Å². The van der Waals surface area contributed by atoms with E-state index in [1.165, 1.54) is 12.1 Å². The Hall–Kier alpha value is -1.17. The number of carbonyl (C=O) groups is 3. The van der Waals surface area contributed by atoms with Gasteiger partial charge < -0.3 is 0 Å². The SMILES string of the molecule is CCOC(=O)C(=O)C1[CH2][In]([CH]=O)[c]2ccc(F)cc21. The van der Waals surface area contributed by atoms with Crippen LogP contribution in [0.4, 0.5) is 4.39 Å². The zero-order valence-electron chi connectivity index (χ0n) is 10.4. The molecule has 0 saturated heterocycles. The van der Waals surface area contributed by atoms with Gasteiger partial charge in [-0.05, 0) is 0 Å². The molecule has 1 heterocycles. The van der Waals surface area contributed by atoms with Crippen LogP contribution in [-0.2, 0) is 19.1 Å². The molecule has 0 amide bonds. The Balaban J connectivity index is 2.35. The molecule has 1 unspecified atom stereocenters. The first-order valence-electron chi connectivity index (χ1n) is 6.04. The molecule has 0 fully saturated rings. The third-order valence-electron chi connectivity index (χ3n) is 3.27. The Morgan fingerprint density at radius 1 is 1.53 bits per heavy atom. The van der Waals surface area contributed by atoms with Gasteiger partial charge >= 0.3 is 117 Å². The van der Waals surface area contributed by atoms with E-state index >= 15 is 0 Å². The van der Waals surface area contributed by atoms with E-state index in [0.29, 0.717) is 9.74 Å². The minimum atomic E-state index is -2.68. The third kappa shape index (κ3) is 2.73. The number of esters is 1. The van der Waals surface area contributed by atoms with Crippen molar-refractivity contribution in [2.24, 2.45) is 0 Å². The summed E-state index contributed by atoms with van der Waals surface area (Å²) in [6, 6.07) is 4.14. The molecule has 98 valence electrons. The van der Waals surface area contributed by atoms with E-state index in [4.69, 9.17) is 0 Å². The van der Waals surface area contributed by atoms with Crippen LogP contribution in [0.2, 0.25) is 4.18 Å². The number of ether oxygens (including phenoxy) is 1. The topological polar surface area (TPSA) is 60.4 Å². The van der Waals surface area contributed by atoms with E-state index < -0.39 is 44.9 Å². The molecule has 1 aromatic rings. The van der Waals surface area contributed by atoms with Gasteiger partial charge in [0.1, 0.15) is 0 Å². The number of hydrogen-bond donors (Lipinski definition) is 0. The van der Waals surface area contributed by atoms with Gasteiger partial charge in [-0.15, -0.1) is 0 Å². The Labute approximate surface area is 117 Å². The van der Waals surface area contributed by atoms with Crippen molar-refractivity contribution < 1.29 is 23.5 Å². The predicted molar refractivity (Wildman–Crippen MR) is 67.7 cm³/mol. The molecule has 0 aliphatic carbocycles. The number of Topliss-reactive ketones (excluding diaryl/α,β-unsaturated/α-hetero) is 1. The average molecular weight is 366 g/mol. The van der Waals surface area contributed by atoms with E-state index in [2.05, 4.69) is 4.74 Å². The molecule has 0 bridgehead atoms. The molecular weight excluding hydrogens is 354 g/mol. The first-order valence-corrected chi connectivity index (χ1v) is 11.9. The number of fused-ring (bicyclic) bond motifs is 1. The molecule has 1 aromatic carbocycles. The average Bonchev–Trinajstić information content (AvgIpc) is 2.76. The summed E-state index contributed by atoms with van der Waals surface area (Å²) < 4.78 is 20.1. The molecule has 1 aliphatic heterocycles. The van der Waals surface area contributed by atoms with Crippen LogP contribution in [-0.4, -0.2) is 43.8 Å². The van der Waals surface area contributed by atoms with Gasteiger partial charge in [0.05, 0.1) is 0 Å². The van der Waals surface area contributed by atoms with Crippen LogP contribution in [0, 0.1) is 5.82 Å². The van der Waals surface area contributed by atoms with Gasteiger partial charge in [-0.25, -0.2) is 0 Å². The van der Waals surface area contributed by atoms with Gasteiger partial charge in [-0.3, -0.25) is 0 Å². The van der Waals surface area contributed by atoms with E-state index in [0.717, 1.165) is 7.36 Å². The molecule has 0 N–H and O–H groups in total. The second kappa shape index (κ2) is 5.86. The number of carbonyl (C=O) groups excluding carboxylic acids is 3. The zero-order chi connectivity index (χ0) is 14.0. The summed E-state index contributed by atoms with van der Waals surface area (Å²) in [7, 11) is 0. The van der Waals surface area contributed by atoms with Crippen LogP contribution >= 0.6 is 0 Å². The third-order valence-corrected chi connectivity index (χ3v) is 10.8. The zero-order valence-corrected chi connectivity index (χ0v) is 13.7. The van der Waals surface area contributed by atoms with Crippen LogP contribution in [0.5, 0.6) is 0 Å². The standard InChI is InChI=1S/C12H11FO3.CHO.In/c1-3-16-12(15)11(14)8(2)9-5-4-6-10(13)7-9;1-2;/h4,6-8H,2-3H2,1H3;1H;. The summed E-state index contributed by atoms with van der Waals surface area (Å²) in [5, 5.41) is 0. The summed E-state index contributed by atoms with van der Waals surface area (Å²) in [6.07, 6.45) is 0. The van der Waals surface area contributed by atoms with Crippen molar-refractivity contribution in [1.29, 1.82) is 0 Å². The number of halogens is 1. The second-order valence-electron chi connectivity index (χ2n) is 4.39. The monoisotopic (exact) mass is 366 g/mol. The summed E-state index contributed by atoms with van der Waals surface area (Å²) in [5.41, 5.74) is 0.506. The van der Waals surface area contributed by atoms with Crippen molar-refractivity contribution in [3.63, 3.8) is 0 Å². The summed E-state index contributed by atoms with van der Waals surface area (Å²) >= 11 is -2.68. The molecule has 2 rings (SSSR count). The van der Waals surface area contributed by atoms with Crippen molar-refractivity contribution in [1.82, 2.24) is 0 Å². The van der Waals surface area contributed by atoms with Crippen LogP contribution in [0.15, 0.2) is 18.2 Å². The van der Waals surface area contributed by atoms with E-state index in [9.17, 15) is 18.8 Å². The fraction of sp³-hybridized carbons (Fsp3) is 0.308. The van der Waals surface area contributed by atoms with Gasteiger partial charge in [0.25, 0.3) is 0 Å². The van der Waals surface area contributed by atoms with Crippen LogP contribution < -0.4 is 3.32 Å². The molecule has 19 heavy (non-hydrogen) atoms. The first-order chi connectivity index (χ1) is 9.08. The molecule has 0 aromatic heterocycles. The minimum absolute atomic E-state index is 0.119. The Morgan fingerprint density at radius 2 is 2.26 bits per heavy atom. The first kappa shape index (κ1) is 14.2. The number of hydrogen-bond acceptors (Lipinski definition) is 4. The fourth-order valence-corrected chi connectivity index (χ4v) is 9.67. The number of benzene rings is 1. The molecule has 1 atom stereocenters. The van der Waals surface area contributed by atoms with Crippen molar-refractivity contribution >= 4 is 40.6 Å². The van der Waals surface area contributed by atoms with Gasteiger partial charge in [0.15, 0.2) is 0 Å². The second-order valence-corrected chi connectivity index (χ2v) is 11.7. The van der Waals surface area contributed by atoms with Crippen molar-refractivity contribution in [2.45, 2.75) is 17.0 Å². The maximum atomic E-state index is 13.3. The van der Waals surface area contributed by atoms with Gasteiger partial charge in [0.2, 0.25) is 0 Å². The van der Waals surface area contributed by atoms with Gasteiger partial charge in [0, 0.05) is 0 Å². The van der Waals surface area contributed by atoms with Crippen LogP contribution in [0.1, 0.15) is 18.4 Å².